The Balaban J connectivity index is 2.25. The van der Waals surface area contributed by atoms with E-state index in [-0.39, 0.29) is 5.41 Å². The number of aromatic nitrogens is 2. The molecule has 0 aliphatic rings. The van der Waals surface area contributed by atoms with Crippen LogP contribution in [-0.2, 0) is 5.41 Å². The maximum absolute atomic E-state index is 5.71. The summed E-state index contributed by atoms with van der Waals surface area (Å²) >= 11 is 3.29. The lowest BCUT2D eigenvalue weighted by Crippen LogP contribution is -2.10. The second-order valence-electron chi connectivity index (χ2n) is 5.06. The maximum atomic E-state index is 5.71. The van der Waals surface area contributed by atoms with Crippen molar-refractivity contribution in [2.24, 2.45) is 0 Å². The number of hydrogen-bond acceptors (Lipinski definition) is 3. The van der Waals surface area contributed by atoms with Gasteiger partial charge < -0.3 is 4.74 Å². The molecule has 0 N–H and O–H groups in total. The van der Waals surface area contributed by atoms with Crippen molar-refractivity contribution in [2.45, 2.75) is 26.2 Å². The SMILES string of the molecule is CC(C)(C)c1cccc(Oc2cc(Br)ncn2)c1. The Labute approximate surface area is 115 Å². The maximum Gasteiger partial charge on any atom is 0.223 e. The van der Waals surface area contributed by atoms with Crippen molar-refractivity contribution in [1.82, 2.24) is 9.97 Å². The molecular formula is C14H15BrN2O. The molecule has 0 atom stereocenters. The minimum Gasteiger partial charge on any atom is -0.439 e. The van der Waals surface area contributed by atoms with Gasteiger partial charge in [0.1, 0.15) is 16.7 Å². The van der Waals surface area contributed by atoms with E-state index in [1.165, 1.54) is 11.9 Å². The molecule has 0 spiro atoms. The summed E-state index contributed by atoms with van der Waals surface area (Å²) in [5.74, 6) is 1.32. The molecule has 94 valence electrons. The molecule has 0 unspecified atom stereocenters. The summed E-state index contributed by atoms with van der Waals surface area (Å²) in [5, 5.41) is 0. The minimum absolute atomic E-state index is 0.103. The van der Waals surface area contributed by atoms with Crippen LogP contribution in [0.25, 0.3) is 0 Å². The Bertz CT molecular complexity index is 549. The molecule has 0 aliphatic carbocycles. The van der Waals surface area contributed by atoms with Crippen LogP contribution in [0.15, 0.2) is 41.3 Å². The highest BCUT2D eigenvalue weighted by atomic mass is 79.9. The third-order valence-electron chi connectivity index (χ3n) is 2.53. The highest BCUT2D eigenvalue weighted by molar-refractivity contribution is 9.10. The molecule has 0 saturated heterocycles. The standard InChI is InChI=1S/C14H15BrN2O/c1-14(2,3)10-5-4-6-11(7-10)18-13-8-12(15)16-9-17-13/h4-9H,1-3H3. The van der Waals surface area contributed by atoms with E-state index in [9.17, 15) is 0 Å². The molecule has 0 bridgehead atoms. The highest BCUT2D eigenvalue weighted by Crippen LogP contribution is 2.28. The summed E-state index contributed by atoms with van der Waals surface area (Å²) in [5.41, 5.74) is 1.33. The Morgan fingerprint density at radius 3 is 2.56 bits per heavy atom. The van der Waals surface area contributed by atoms with Gasteiger partial charge in [-0.05, 0) is 39.0 Å². The first-order chi connectivity index (χ1) is 8.45. The fraction of sp³-hybridized carbons (Fsp3) is 0.286. The van der Waals surface area contributed by atoms with E-state index in [4.69, 9.17) is 4.74 Å². The van der Waals surface area contributed by atoms with Gasteiger partial charge >= 0.3 is 0 Å². The third kappa shape index (κ3) is 3.29. The number of ether oxygens (including phenoxy) is 1. The van der Waals surface area contributed by atoms with Crippen LogP contribution < -0.4 is 4.74 Å². The van der Waals surface area contributed by atoms with Crippen LogP contribution in [0, 0.1) is 0 Å². The summed E-state index contributed by atoms with van der Waals surface area (Å²) < 4.78 is 6.42. The first kappa shape index (κ1) is 13.0. The fourth-order valence-corrected chi connectivity index (χ4v) is 1.81. The van der Waals surface area contributed by atoms with Gasteiger partial charge in [0.25, 0.3) is 0 Å². The van der Waals surface area contributed by atoms with E-state index in [2.05, 4.69) is 52.7 Å². The smallest absolute Gasteiger partial charge is 0.223 e. The van der Waals surface area contributed by atoms with Crippen LogP contribution in [0.5, 0.6) is 11.6 Å². The highest BCUT2D eigenvalue weighted by Gasteiger charge is 2.14. The second kappa shape index (κ2) is 5.06. The van der Waals surface area contributed by atoms with Gasteiger partial charge in [0, 0.05) is 6.07 Å². The Kier molecular flexibility index (Phi) is 3.66. The summed E-state index contributed by atoms with van der Waals surface area (Å²) in [6.45, 7) is 6.52. The van der Waals surface area contributed by atoms with Gasteiger partial charge in [0.2, 0.25) is 5.88 Å². The van der Waals surface area contributed by atoms with Gasteiger partial charge in [-0.2, -0.15) is 0 Å². The van der Waals surface area contributed by atoms with E-state index in [0.29, 0.717) is 10.5 Å². The topological polar surface area (TPSA) is 35.0 Å². The Morgan fingerprint density at radius 2 is 1.89 bits per heavy atom. The van der Waals surface area contributed by atoms with Crippen molar-refractivity contribution in [3.8, 4) is 11.6 Å². The minimum atomic E-state index is 0.103. The largest absolute Gasteiger partial charge is 0.439 e. The van der Waals surface area contributed by atoms with Gasteiger partial charge in [-0.3, -0.25) is 0 Å². The van der Waals surface area contributed by atoms with E-state index < -0.39 is 0 Å². The number of halogens is 1. The van der Waals surface area contributed by atoms with E-state index in [1.54, 1.807) is 6.07 Å². The second-order valence-corrected chi connectivity index (χ2v) is 5.87. The van der Waals surface area contributed by atoms with Crippen molar-refractivity contribution in [3.63, 3.8) is 0 Å². The molecular weight excluding hydrogens is 292 g/mol. The zero-order chi connectivity index (χ0) is 13.2. The molecule has 0 aliphatic heterocycles. The van der Waals surface area contributed by atoms with E-state index >= 15 is 0 Å². The Morgan fingerprint density at radius 1 is 1.11 bits per heavy atom. The van der Waals surface area contributed by atoms with Gasteiger partial charge in [-0.15, -0.1) is 0 Å². The summed E-state index contributed by atoms with van der Waals surface area (Å²) in [6.07, 6.45) is 1.47. The molecule has 4 heteroatoms. The van der Waals surface area contributed by atoms with Crippen molar-refractivity contribution in [2.75, 3.05) is 0 Å². The molecule has 1 heterocycles. The lowest BCUT2D eigenvalue weighted by atomic mass is 9.87. The predicted octanol–water partition coefficient (Wildman–Crippen LogP) is 4.33. The fourth-order valence-electron chi connectivity index (χ4n) is 1.52. The van der Waals surface area contributed by atoms with E-state index in [1.807, 2.05) is 18.2 Å². The van der Waals surface area contributed by atoms with E-state index in [0.717, 1.165) is 5.75 Å². The van der Waals surface area contributed by atoms with Crippen LogP contribution in [0.4, 0.5) is 0 Å². The Hall–Kier alpha value is -1.42. The van der Waals surface area contributed by atoms with Gasteiger partial charge in [0.05, 0.1) is 0 Å². The lowest BCUT2D eigenvalue weighted by molar-refractivity contribution is 0.457. The molecule has 2 aromatic rings. The quantitative estimate of drug-likeness (QED) is 0.775. The van der Waals surface area contributed by atoms with Crippen LogP contribution in [0.2, 0.25) is 0 Å². The predicted molar refractivity (Wildman–Crippen MR) is 74.9 cm³/mol. The number of hydrogen-bond donors (Lipinski definition) is 0. The molecule has 1 aromatic heterocycles. The van der Waals surface area contributed by atoms with Crippen LogP contribution in [0.3, 0.4) is 0 Å². The molecule has 0 amide bonds. The van der Waals surface area contributed by atoms with Gasteiger partial charge in [0.15, 0.2) is 0 Å². The average molecular weight is 307 g/mol. The first-order valence-corrected chi connectivity index (χ1v) is 6.50. The molecule has 3 nitrogen and oxygen atoms in total. The van der Waals surface area contributed by atoms with Crippen LogP contribution in [-0.4, -0.2) is 9.97 Å². The molecule has 18 heavy (non-hydrogen) atoms. The monoisotopic (exact) mass is 306 g/mol. The zero-order valence-electron chi connectivity index (χ0n) is 10.6. The van der Waals surface area contributed by atoms with Crippen LogP contribution in [0.1, 0.15) is 26.3 Å². The molecule has 0 fully saturated rings. The zero-order valence-corrected chi connectivity index (χ0v) is 12.2. The van der Waals surface area contributed by atoms with Crippen molar-refractivity contribution in [1.29, 1.82) is 0 Å². The average Bonchev–Trinajstić information content (AvgIpc) is 2.28. The summed E-state index contributed by atoms with van der Waals surface area (Å²) in [6, 6.07) is 9.79. The normalized spacial score (nSPS) is 11.3. The molecule has 2 rings (SSSR count). The van der Waals surface area contributed by atoms with Gasteiger partial charge in [-0.25, -0.2) is 9.97 Å². The van der Waals surface area contributed by atoms with Gasteiger partial charge in [-0.1, -0.05) is 32.9 Å². The van der Waals surface area contributed by atoms with Crippen molar-refractivity contribution in [3.05, 3.63) is 46.8 Å². The molecule has 0 radical (unpaired) electrons. The van der Waals surface area contributed by atoms with Crippen LogP contribution >= 0.6 is 15.9 Å². The molecule has 1 aromatic carbocycles. The molecule has 0 saturated carbocycles. The lowest BCUT2D eigenvalue weighted by Gasteiger charge is -2.19. The number of benzene rings is 1. The summed E-state index contributed by atoms with van der Waals surface area (Å²) in [4.78, 5) is 8.03. The third-order valence-corrected chi connectivity index (χ3v) is 2.96. The first-order valence-electron chi connectivity index (χ1n) is 5.71. The van der Waals surface area contributed by atoms with Crippen molar-refractivity contribution >= 4 is 15.9 Å². The summed E-state index contributed by atoms with van der Waals surface area (Å²) in [7, 11) is 0. The van der Waals surface area contributed by atoms with Crippen molar-refractivity contribution < 1.29 is 4.74 Å². The number of nitrogens with zero attached hydrogens (tertiary/aromatic N) is 2. The number of rotatable bonds is 2.